The molecule has 1 aromatic carbocycles. The Labute approximate surface area is 96.0 Å². The van der Waals surface area contributed by atoms with E-state index in [1.165, 1.54) is 0 Å². The summed E-state index contributed by atoms with van der Waals surface area (Å²) < 4.78 is 5.61. The normalized spacial score (nSPS) is 17.6. The van der Waals surface area contributed by atoms with Gasteiger partial charge in [-0.3, -0.25) is 4.79 Å². The van der Waals surface area contributed by atoms with Crippen LogP contribution in [0, 0.1) is 6.07 Å². The molecule has 1 radical (unpaired) electrons. The summed E-state index contributed by atoms with van der Waals surface area (Å²) in [6, 6.07) is 10.5. The van der Waals surface area contributed by atoms with Crippen LogP contribution >= 0.6 is 0 Å². The Morgan fingerprint density at radius 3 is 2.88 bits per heavy atom. The standard InChI is InChI=1S/C13H16NO2/c1-11(14-9-5-8-13(14)15)10-16-12-6-3-2-4-7-12/h3-4,6-7,11H,5,8-10H2,1H3. The molecule has 1 aliphatic rings. The average molecular weight is 218 g/mol. The van der Waals surface area contributed by atoms with E-state index in [2.05, 4.69) is 6.07 Å². The SMILES string of the molecule is CC(COc1cc[c]cc1)N1CCCC1=O. The maximum atomic E-state index is 11.5. The molecule has 0 aromatic heterocycles. The highest BCUT2D eigenvalue weighted by Gasteiger charge is 2.25. The molecule has 1 fully saturated rings. The minimum absolute atomic E-state index is 0.152. The lowest BCUT2D eigenvalue weighted by Gasteiger charge is -2.24. The van der Waals surface area contributed by atoms with Crippen molar-refractivity contribution < 1.29 is 9.53 Å². The van der Waals surface area contributed by atoms with Crippen LogP contribution in [0.1, 0.15) is 19.8 Å². The molecule has 3 heteroatoms. The lowest BCUT2D eigenvalue weighted by molar-refractivity contribution is -0.129. The fourth-order valence-corrected chi connectivity index (χ4v) is 1.91. The van der Waals surface area contributed by atoms with Gasteiger partial charge < -0.3 is 9.64 Å². The van der Waals surface area contributed by atoms with Gasteiger partial charge in [-0.2, -0.15) is 0 Å². The molecule has 1 aliphatic heterocycles. The van der Waals surface area contributed by atoms with Crippen LogP contribution in [-0.4, -0.2) is 30.0 Å². The first-order chi connectivity index (χ1) is 7.77. The smallest absolute Gasteiger partial charge is 0.222 e. The van der Waals surface area contributed by atoms with E-state index >= 15 is 0 Å². The van der Waals surface area contributed by atoms with Crippen molar-refractivity contribution in [3.8, 4) is 5.75 Å². The molecular weight excluding hydrogens is 202 g/mol. The van der Waals surface area contributed by atoms with E-state index in [-0.39, 0.29) is 11.9 Å². The van der Waals surface area contributed by atoms with Gasteiger partial charge in [0.2, 0.25) is 5.91 Å². The predicted molar refractivity (Wildman–Crippen MR) is 61.2 cm³/mol. The van der Waals surface area contributed by atoms with Crippen LogP contribution < -0.4 is 4.74 Å². The maximum Gasteiger partial charge on any atom is 0.222 e. The van der Waals surface area contributed by atoms with Crippen molar-refractivity contribution in [1.82, 2.24) is 4.90 Å². The molecule has 85 valence electrons. The number of benzene rings is 1. The molecule has 1 atom stereocenters. The van der Waals surface area contributed by atoms with E-state index in [4.69, 9.17) is 4.74 Å². The Hall–Kier alpha value is -1.51. The van der Waals surface area contributed by atoms with Gasteiger partial charge in [-0.05, 0) is 31.5 Å². The summed E-state index contributed by atoms with van der Waals surface area (Å²) in [6.07, 6.45) is 1.66. The first kappa shape index (κ1) is 11.0. The zero-order valence-corrected chi connectivity index (χ0v) is 9.48. The Morgan fingerprint density at radius 1 is 1.50 bits per heavy atom. The molecule has 2 rings (SSSR count). The summed E-state index contributed by atoms with van der Waals surface area (Å²) >= 11 is 0. The zero-order chi connectivity index (χ0) is 11.4. The summed E-state index contributed by atoms with van der Waals surface area (Å²) in [5, 5.41) is 0. The van der Waals surface area contributed by atoms with Crippen LogP contribution in [0.15, 0.2) is 24.3 Å². The number of ether oxygens (including phenoxy) is 1. The molecular formula is C13H16NO2. The quantitative estimate of drug-likeness (QED) is 0.772. The van der Waals surface area contributed by atoms with E-state index in [1.54, 1.807) is 0 Å². The molecule has 1 saturated heterocycles. The van der Waals surface area contributed by atoms with Gasteiger partial charge >= 0.3 is 0 Å². The molecule has 16 heavy (non-hydrogen) atoms. The van der Waals surface area contributed by atoms with Crippen molar-refractivity contribution in [3.05, 3.63) is 30.3 Å². The van der Waals surface area contributed by atoms with Crippen LogP contribution in [0.2, 0.25) is 0 Å². The number of hydrogen-bond donors (Lipinski definition) is 0. The lowest BCUT2D eigenvalue weighted by atomic mass is 10.3. The van der Waals surface area contributed by atoms with Crippen LogP contribution in [0.3, 0.4) is 0 Å². The summed E-state index contributed by atoms with van der Waals surface area (Å²) in [4.78, 5) is 13.4. The number of amides is 1. The van der Waals surface area contributed by atoms with Crippen molar-refractivity contribution >= 4 is 5.91 Å². The molecule has 0 aliphatic carbocycles. The fourth-order valence-electron chi connectivity index (χ4n) is 1.91. The Bertz CT molecular complexity index is 350. The van der Waals surface area contributed by atoms with Crippen LogP contribution in [-0.2, 0) is 4.79 Å². The Balaban J connectivity index is 1.84. The third-order valence-corrected chi connectivity index (χ3v) is 2.82. The molecule has 1 amide bonds. The molecule has 1 heterocycles. The topological polar surface area (TPSA) is 29.5 Å². The highest BCUT2D eigenvalue weighted by atomic mass is 16.5. The van der Waals surface area contributed by atoms with Crippen LogP contribution in [0.4, 0.5) is 0 Å². The highest BCUT2D eigenvalue weighted by molar-refractivity contribution is 5.78. The Kier molecular flexibility index (Phi) is 3.44. The van der Waals surface area contributed by atoms with Crippen molar-refractivity contribution in [2.24, 2.45) is 0 Å². The van der Waals surface area contributed by atoms with Gasteiger partial charge in [-0.25, -0.2) is 0 Å². The van der Waals surface area contributed by atoms with Gasteiger partial charge in [0.25, 0.3) is 0 Å². The second kappa shape index (κ2) is 5.01. The van der Waals surface area contributed by atoms with Crippen LogP contribution in [0.5, 0.6) is 5.75 Å². The first-order valence-electron chi connectivity index (χ1n) is 5.66. The second-order valence-electron chi connectivity index (χ2n) is 4.09. The van der Waals surface area contributed by atoms with Crippen molar-refractivity contribution in [2.45, 2.75) is 25.8 Å². The van der Waals surface area contributed by atoms with Crippen molar-refractivity contribution in [2.75, 3.05) is 13.2 Å². The van der Waals surface area contributed by atoms with Gasteiger partial charge in [-0.1, -0.05) is 12.1 Å². The van der Waals surface area contributed by atoms with Gasteiger partial charge in [0.1, 0.15) is 12.4 Å². The lowest BCUT2D eigenvalue weighted by Crippen LogP contribution is -2.38. The van der Waals surface area contributed by atoms with Crippen LogP contribution in [0.25, 0.3) is 0 Å². The summed E-state index contributed by atoms with van der Waals surface area (Å²) in [6.45, 7) is 3.44. The second-order valence-corrected chi connectivity index (χ2v) is 4.09. The minimum atomic E-state index is 0.152. The number of carbonyl (C=O) groups is 1. The van der Waals surface area contributed by atoms with E-state index in [1.807, 2.05) is 36.1 Å². The van der Waals surface area contributed by atoms with E-state index in [9.17, 15) is 4.79 Å². The van der Waals surface area contributed by atoms with E-state index < -0.39 is 0 Å². The van der Waals surface area contributed by atoms with Gasteiger partial charge in [0.05, 0.1) is 6.04 Å². The van der Waals surface area contributed by atoms with Gasteiger partial charge in [0.15, 0.2) is 0 Å². The monoisotopic (exact) mass is 218 g/mol. The third-order valence-electron chi connectivity index (χ3n) is 2.82. The first-order valence-corrected chi connectivity index (χ1v) is 5.66. The third kappa shape index (κ3) is 2.54. The molecule has 0 N–H and O–H groups in total. The van der Waals surface area contributed by atoms with E-state index in [0.717, 1.165) is 18.7 Å². The number of hydrogen-bond acceptors (Lipinski definition) is 2. The fraction of sp³-hybridized carbons (Fsp3) is 0.462. The van der Waals surface area contributed by atoms with Gasteiger partial charge in [-0.15, -0.1) is 0 Å². The van der Waals surface area contributed by atoms with Crippen molar-refractivity contribution in [1.29, 1.82) is 0 Å². The Morgan fingerprint density at radius 2 is 2.25 bits per heavy atom. The number of likely N-dealkylation sites (tertiary alicyclic amines) is 1. The molecule has 3 nitrogen and oxygen atoms in total. The molecule has 0 bridgehead atoms. The zero-order valence-electron chi connectivity index (χ0n) is 9.48. The van der Waals surface area contributed by atoms with E-state index in [0.29, 0.717) is 13.0 Å². The number of carbonyl (C=O) groups excluding carboxylic acids is 1. The number of rotatable bonds is 4. The number of nitrogens with zero attached hydrogens (tertiary/aromatic N) is 1. The van der Waals surface area contributed by atoms with Crippen molar-refractivity contribution in [3.63, 3.8) is 0 Å². The summed E-state index contributed by atoms with van der Waals surface area (Å²) in [5.74, 6) is 1.08. The average Bonchev–Trinajstić information content (AvgIpc) is 2.74. The summed E-state index contributed by atoms with van der Waals surface area (Å²) in [7, 11) is 0. The molecule has 0 saturated carbocycles. The highest BCUT2D eigenvalue weighted by Crippen LogP contribution is 2.15. The minimum Gasteiger partial charge on any atom is -0.491 e. The largest absolute Gasteiger partial charge is 0.491 e. The molecule has 1 unspecified atom stereocenters. The maximum absolute atomic E-state index is 11.5. The molecule has 0 spiro atoms. The van der Waals surface area contributed by atoms with Gasteiger partial charge in [0, 0.05) is 13.0 Å². The predicted octanol–water partition coefficient (Wildman–Crippen LogP) is 1.88. The summed E-state index contributed by atoms with van der Waals surface area (Å²) in [5.41, 5.74) is 0. The molecule has 1 aromatic rings.